The maximum atomic E-state index is 10.9. The van der Waals surface area contributed by atoms with E-state index >= 15 is 0 Å². The summed E-state index contributed by atoms with van der Waals surface area (Å²) in [5.74, 6) is 0. The average Bonchev–Trinajstić information content (AvgIpc) is 2.44. The predicted molar refractivity (Wildman–Crippen MR) is 79.9 cm³/mol. The first-order valence-corrected chi connectivity index (χ1v) is 6.90. The molecule has 6 nitrogen and oxygen atoms in total. The first-order chi connectivity index (χ1) is 9.62. The zero-order valence-corrected chi connectivity index (χ0v) is 12.1. The lowest BCUT2D eigenvalue weighted by atomic mass is 10.1. The van der Waals surface area contributed by atoms with E-state index in [4.69, 9.17) is 5.11 Å². The minimum absolute atomic E-state index is 0.0820. The summed E-state index contributed by atoms with van der Waals surface area (Å²) in [4.78, 5) is 12.6. The standard InChI is InChI=1S/C14H23N3O3/c1-3-4-7-16(8-9-18)11-12-5-6-14(17(19)20)13(10-12)15-2/h5-6,10,15,18H,3-4,7-9,11H2,1-2H3. The number of aliphatic hydroxyl groups is 1. The molecule has 0 aliphatic carbocycles. The van der Waals surface area contributed by atoms with Crippen LogP contribution in [0.1, 0.15) is 25.3 Å². The molecule has 0 unspecified atom stereocenters. The summed E-state index contributed by atoms with van der Waals surface area (Å²) in [7, 11) is 1.68. The third-order valence-corrected chi connectivity index (χ3v) is 3.18. The highest BCUT2D eigenvalue weighted by Crippen LogP contribution is 2.25. The van der Waals surface area contributed by atoms with Crippen molar-refractivity contribution in [2.24, 2.45) is 0 Å². The van der Waals surface area contributed by atoms with Crippen molar-refractivity contribution in [3.05, 3.63) is 33.9 Å². The van der Waals surface area contributed by atoms with Crippen molar-refractivity contribution in [3.8, 4) is 0 Å². The van der Waals surface area contributed by atoms with E-state index in [-0.39, 0.29) is 12.3 Å². The van der Waals surface area contributed by atoms with Crippen LogP contribution in [-0.2, 0) is 6.54 Å². The molecule has 0 atom stereocenters. The maximum absolute atomic E-state index is 10.9. The molecular weight excluding hydrogens is 258 g/mol. The molecule has 112 valence electrons. The Labute approximate surface area is 119 Å². The average molecular weight is 281 g/mol. The van der Waals surface area contributed by atoms with E-state index < -0.39 is 4.92 Å². The van der Waals surface area contributed by atoms with Gasteiger partial charge in [-0.05, 0) is 24.6 Å². The second kappa shape index (κ2) is 8.50. The van der Waals surface area contributed by atoms with Gasteiger partial charge in [-0.2, -0.15) is 0 Å². The fraction of sp³-hybridized carbons (Fsp3) is 0.571. The molecular formula is C14H23N3O3. The lowest BCUT2D eigenvalue weighted by Crippen LogP contribution is -2.27. The molecule has 2 N–H and O–H groups in total. The Kier molecular flexibility index (Phi) is 6.97. The summed E-state index contributed by atoms with van der Waals surface area (Å²) in [5.41, 5.74) is 1.61. The topological polar surface area (TPSA) is 78.6 Å². The van der Waals surface area contributed by atoms with Crippen LogP contribution in [-0.4, -0.2) is 41.7 Å². The van der Waals surface area contributed by atoms with E-state index in [0.29, 0.717) is 18.8 Å². The van der Waals surface area contributed by atoms with Gasteiger partial charge in [0, 0.05) is 26.2 Å². The zero-order chi connectivity index (χ0) is 15.0. The number of unbranched alkanes of at least 4 members (excludes halogenated alkanes) is 1. The van der Waals surface area contributed by atoms with Crippen molar-refractivity contribution in [2.75, 3.05) is 32.1 Å². The van der Waals surface area contributed by atoms with Gasteiger partial charge < -0.3 is 10.4 Å². The van der Waals surface area contributed by atoms with Gasteiger partial charge in [0.05, 0.1) is 11.5 Å². The van der Waals surface area contributed by atoms with Gasteiger partial charge in [0.25, 0.3) is 5.69 Å². The van der Waals surface area contributed by atoms with Crippen LogP contribution >= 0.6 is 0 Å². The van der Waals surface area contributed by atoms with E-state index in [0.717, 1.165) is 24.9 Å². The Morgan fingerprint density at radius 2 is 2.15 bits per heavy atom. The van der Waals surface area contributed by atoms with Gasteiger partial charge in [-0.1, -0.05) is 19.4 Å². The van der Waals surface area contributed by atoms with Crippen molar-refractivity contribution < 1.29 is 10.0 Å². The molecule has 0 saturated carbocycles. The third kappa shape index (κ3) is 4.79. The van der Waals surface area contributed by atoms with Crippen molar-refractivity contribution >= 4 is 11.4 Å². The number of rotatable bonds is 9. The molecule has 0 radical (unpaired) electrons. The fourth-order valence-corrected chi connectivity index (χ4v) is 2.09. The number of nitro benzene ring substituents is 1. The van der Waals surface area contributed by atoms with Gasteiger partial charge in [0.1, 0.15) is 5.69 Å². The van der Waals surface area contributed by atoms with Gasteiger partial charge in [-0.3, -0.25) is 15.0 Å². The second-order valence-corrected chi connectivity index (χ2v) is 4.71. The zero-order valence-electron chi connectivity index (χ0n) is 12.1. The minimum atomic E-state index is -0.391. The summed E-state index contributed by atoms with van der Waals surface area (Å²) in [6.07, 6.45) is 2.18. The van der Waals surface area contributed by atoms with Gasteiger partial charge in [-0.25, -0.2) is 0 Å². The fourth-order valence-electron chi connectivity index (χ4n) is 2.09. The van der Waals surface area contributed by atoms with Crippen LogP contribution in [0.25, 0.3) is 0 Å². The second-order valence-electron chi connectivity index (χ2n) is 4.71. The van der Waals surface area contributed by atoms with Gasteiger partial charge in [0.2, 0.25) is 0 Å². The van der Waals surface area contributed by atoms with Crippen molar-refractivity contribution in [2.45, 2.75) is 26.3 Å². The largest absolute Gasteiger partial charge is 0.395 e. The van der Waals surface area contributed by atoms with E-state index in [1.807, 2.05) is 0 Å². The van der Waals surface area contributed by atoms with Crippen LogP contribution in [0.2, 0.25) is 0 Å². The van der Waals surface area contributed by atoms with Crippen LogP contribution in [0, 0.1) is 10.1 Å². The Morgan fingerprint density at radius 1 is 1.40 bits per heavy atom. The van der Waals surface area contributed by atoms with E-state index in [9.17, 15) is 10.1 Å². The molecule has 0 aliphatic heterocycles. The Balaban J connectivity index is 2.81. The van der Waals surface area contributed by atoms with E-state index in [2.05, 4.69) is 17.1 Å². The molecule has 0 fully saturated rings. The maximum Gasteiger partial charge on any atom is 0.292 e. The normalized spacial score (nSPS) is 10.8. The lowest BCUT2D eigenvalue weighted by molar-refractivity contribution is -0.384. The summed E-state index contributed by atoms with van der Waals surface area (Å²) in [6.45, 7) is 4.47. The molecule has 0 bridgehead atoms. The molecule has 1 rings (SSSR count). The highest BCUT2D eigenvalue weighted by Gasteiger charge is 2.14. The van der Waals surface area contributed by atoms with Gasteiger partial charge >= 0.3 is 0 Å². The third-order valence-electron chi connectivity index (χ3n) is 3.18. The number of hydrogen-bond acceptors (Lipinski definition) is 5. The molecule has 6 heteroatoms. The number of benzene rings is 1. The molecule has 0 heterocycles. The van der Waals surface area contributed by atoms with Gasteiger partial charge in [0.15, 0.2) is 0 Å². The van der Waals surface area contributed by atoms with Crippen LogP contribution in [0.5, 0.6) is 0 Å². The number of nitrogens with one attached hydrogen (secondary N) is 1. The number of nitrogens with zero attached hydrogens (tertiary/aromatic N) is 2. The quantitative estimate of drug-likeness (QED) is 0.536. The van der Waals surface area contributed by atoms with Crippen molar-refractivity contribution in [3.63, 3.8) is 0 Å². The highest BCUT2D eigenvalue weighted by atomic mass is 16.6. The number of aliphatic hydroxyl groups excluding tert-OH is 1. The number of nitro groups is 1. The van der Waals surface area contributed by atoms with Crippen LogP contribution < -0.4 is 5.32 Å². The minimum Gasteiger partial charge on any atom is -0.395 e. The summed E-state index contributed by atoms with van der Waals surface area (Å²) < 4.78 is 0. The highest BCUT2D eigenvalue weighted by molar-refractivity contribution is 5.62. The monoisotopic (exact) mass is 281 g/mol. The predicted octanol–water partition coefficient (Wildman–Crippen LogP) is 2.23. The molecule has 1 aromatic carbocycles. The first-order valence-electron chi connectivity index (χ1n) is 6.90. The Hall–Kier alpha value is -1.66. The van der Waals surface area contributed by atoms with Crippen LogP contribution in [0.3, 0.4) is 0 Å². The van der Waals surface area contributed by atoms with Crippen LogP contribution in [0.4, 0.5) is 11.4 Å². The summed E-state index contributed by atoms with van der Waals surface area (Å²) in [6, 6.07) is 5.10. The first kappa shape index (κ1) is 16.4. The molecule has 0 spiro atoms. The van der Waals surface area contributed by atoms with Gasteiger partial charge in [-0.15, -0.1) is 0 Å². The Morgan fingerprint density at radius 3 is 2.70 bits per heavy atom. The summed E-state index contributed by atoms with van der Waals surface area (Å²) >= 11 is 0. The molecule has 0 amide bonds. The van der Waals surface area contributed by atoms with E-state index in [1.165, 1.54) is 6.07 Å². The smallest absolute Gasteiger partial charge is 0.292 e. The molecule has 1 aromatic rings. The summed E-state index contributed by atoms with van der Waals surface area (Å²) in [5, 5.41) is 22.8. The molecule has 20 heavy (non-hydrogen) atoms. The molecule has 0 aromatic heterocycles. The van der Waals surface area contributed by atoms with Crippen LogP contribution in [0.15, 0.2) is 18.2 Å². The number of anilines is 1. The Bertz CT molecular complexity index is 438. The lowest BCUT2D eigenvalue weighted by Gasteiger charge is -2.21. The SMILES string of the molecule is CCCCN(CCO)Cc1ccc([N+](=O)[O-])c(NC)c1. The molecule has 0 saturated heterocycles. The van der Waals surface area contributed by atoms with Crippen molar-refractivity contribution in [1.29, 1.82) is 0 Å². The van der Waals surface area contributed by atoms with Crippen molar-refractivity contribution in [1.82, 2.24) is 4.90 Å². The van der Waals surface area contributed by atoms with E-state index in [1.54, 1.807) is 19.2 Å². The molecule has 0 aliphatic rings. The number of hydrogen-bond donors (Lipinski definition) is 2.